The molecule has 0 bridgehead atoms. The highest BCUT2D eigenvalue weighted by atomic mass is 35.5. The SMILES string of the molecule is O=C(CCN(CCc1ccccc1)c1nc(-c2ccccc2Cl)nc2ccccc12)NCc1ccco1. The smallest absolute Gasteiger partial charge is 0.222 e. The Kier molecular flexibility index (Phi) is 7.77. The number of furan rings is 1. The van der Waals surface area contributed by atoms with E-state index in [9.17, 15) is 4.79 Å². The summed E-state index contributed by atoms with van der Waals surface area (Å²) in [7, 11) is 0. The van der Waals surface area contributed by atoms with Crippen molar-refractivity contribution >= 4 is 34.2 Å². The molecule has 2 heterocycles. The number of anilines is 1. The fourth-order valence-corrected chi connectivity index (χ4v) is 4.44. The van der Waals surface area contributed by atoms with E-state index in [1.807, 2.05) is 78.9 Å². The second kappa shape index (κ2) is 11.7. The number of amides is 1. The summed E-state index contributed by atoms with van der Waals surface area (Å²) in [5.74, 6) is 2.02. The summed E-state index contributed by atoms with van der Waals surface area (Å²) in [6.45, 7) is 1.56. The minimum Gasteiger partial charge on any atom is -0.467 e. The largest absolute Gasteiger partial charge is 0.467 e. The zero-order chi connectivity index (χ0) is 25.5. The van der Waals surface area contributed by atoms with Gasteiger partial charge in [-0.15, -0.1) is 0 Å². The normalized spacial score (nSPS) is 10.9. The van der Waals surface area contributed by atoms with Crippen molar-refractivity contribution in [1.29, 1.82) is 0 Å². The van der Waals surface area contributed by atoms with E-state index >= 15 is 0 Å². The molecule has 0 saturated heterocycles. The number of nitrogens with one attached hydrogen (secondary N) is 1. The predicted octanol–water partition coefficient (Wildman–Crippen LogP) is 6.30. The van der Waals surface area contributed by atoms with Crippen LogP contribution < -0.4 is 10.2 Å². The zero-order valence-electron chi connectivity index (χ0n) is 20.3. The van der Waals surface area contributed by atoms with Gasteiger partial charge >= 0.3 is 0 Å². The van der Waals surface area contributed by atoms with Crippen LogP contribution in [0.25, 0.3) is 22.3 Å². The van der Waals surface area contributed by atoms with Gasteiger partial charge in [0, 0.05) is 30.5 Å². The number of nitrogens with zero attached hydrogens (tertiary/aromatic N) is 3. The molecule has 0 aliphatic heterocycles. The molecular formula is C30H27ClN4O2. The molecule has 5 aromatic rings. The number of halogens is 1. The van der Waals surface area contributed by atoms with Crippen molar-refractivity contribution in [3.63, 3.8) is 0 Å². The minimum atomic E-state index is -0.0502. The van der Waals surface area contributed by atoms with Crippen LogP contribution in [0, 0.1) is 0 Å². The van der Waals surface area contributed by atoms with Crippen molar-refractivity contribution in [2.75, 3.05) is 18.0 Å². The molecule has 5 rings (SSSR count). The fraction of sp³-hybridized carbons (Fsp3) is 0.167. The standard InChI is InChI=1S/C30H27ClN4O2/c31-26-14-6-4-12-24(26)29-33-27-15-7-5-13-25(27)30(34-29)35(18-16-22-9-2-1-3-10-22)19-17-28(36)32-21-23-11-8-20-37-23/h1-15,20H,16-19,21H2,(H,32,36). The number of fused-ring (bicyclic) bond motifs is 1. The van der Waals surface area contributed by atoms with Gasteiger partial charge in [-0.3, -0.25) is 4.79 Å². The predicted molar refractivity (Wildman–Crippen MR) is 148 cm³/mol. The quantitative estimate of drug-likeness (QED) is 0.239. The fourth-order valence-electron chi connectivity index (χ4n) is 4.22. The lowest BCUT2D eigenvalue weighted by atomic mass is 10.1. The van der Waals surface area contributed by atoms with Crippen LogP contribution in [0.5, 0.6) is 0 Å². The molecule has 0 saturated carbocycles. The van der Waals surface area contributed by atoms with Gasteiger partial charge in [-0.25, -0.2) is 9.97 Å². The molecule has 186 valence electrons. The Hall–Kier alpha value is -4.16. The highest BCUT2D eigenvalue weighted by Gasteiger charge is 2.18. The minimum absolute atomic E-state index is 0.0502. The van der Waals surface area contributed by atoms with Gasteiger partial charge in [-0.05, 0) is 48.4 Å². The summed E-state index contributed by atoms with van der Waals surface area (Å²) in [5.41, 5.74) is 2.82. The number of carbonyl (C=O) groups is 1. The van der Waals surface area contributed by atoms with Crippen LogP contribution in [0.1, 0.15) is 17.7 Å². The van der Waals surface area contributed by atoms with E-state index in [1.165, 1.54) is 5.56 Å². The average molecular weight is 511 g/mol. The number of hydrogen-bond acceptors (Lipinski definition) is 5. The first-order chi connectivity index (χ1) is 18.2. The summed E-state index contributed by atoms with van der Waals surface area (Å²) in [5, 5.41) is 4.47. The van der Waals surface area contributed by atoms with E-state index in [-0.39, 0.29) is 5.91 Å². The van der Waals surface area contributed by atoms with Crippen LogP contribution in [0.15, 0.2) is 102 Å². The van der Waals surface area contributed by atoms with Crippen molar-refractivity contribution in [3.8, 4) is 11.4 Å². The molecule has 2 aromatic heterocycles. The Morgan fingerprint density at radius 3 is 2.46 bits per heavy atom. The third-order valence-corrected chi connectivity index (χ3v) is 6.49. The lowest BCUT2D eigenvalue weighted by molar-refractivity contribution is -0.121. The van der Waals surface area contributed by atoms with Crippen molar-refractivity contribution in [1.82, 2.24) is 15.3 Å². The van der Waals surface area contributed by atoms with Crippen LogP contribution >= 0.6 is 11.6 Å². The van der Waals surface area contributed by atoms with Gasteiger partial charge in [0.05, 0.1) is 23.3 Å². The highest BCUT2D eigenvalue weighted by molar-refractivity contribution is 6.33. The monoisotopic (exact) mass is 510 g/mol. The Bertz CT molecular complexity index is 1470. The third-order valence-electron chi connectivity index (χ3n) is 6.16. The van der Waals surface area contributed by atoms with E-state index in [0.29, 0.717) is 36.9 Å². The Morgan fingerprint density at radius 2 is 1.65 bits per heavy atom. The van der Waals surface area contributed by atoms with Crippen molar-refractivity contribution in [3.05, 3.63) is 114 Å². The molecule has 3 aromatic carbocycles. The summed E-state index contributed by atoms with van der Waals surface area (Å²) in [6.07, 6.45) is 2.73. The molecule has 6 nitrogen and oxygen atoms in total. The summed E-state index contributed by atoms with van der Waals surface area (Å²) >= 11 is 6.51. The first kappa shape index (κ1) is 24.5. The molecule has 0 aliphatic rings. The first-order valence-corrected chi connectivity index (χ1v) is 12.6. The van der Waals surface area contributed by atoms with Gasteiger partial charge in [-0.1, -0.05) is 66.2 Å². The number of carbonyl (C=O) groups excluding carboxylic acids is 1. The molecule has 0 spiro atoms. The van der Waals surface area contributed by atoms with Crippen LogP contribution in [-0.4, -0.2) is 29.0 Å². The van der Waals surface area contributed by atoms with Crippen molar-refractivity contribution < 1.29 is 9.21 Å². The third kappa shape index (κ3) is 6.16. The molecular weight excluding hydrogens is 484 g/mol. The van der Waals surface area contributed by atoms with Gasteiger partial charge in [0.2, 0.25) is 5.91 Å². The molecule has 1 amide bonds. The topological polar surface area (TPSA) is 71.3 Å². The number of hydrogen-bond donors (Lipinski definition) is 1. The molecule has 7 heteroatoms. The first-order valence-electron chi connectivity index (χ1n) is 12.3. The average Bonchev–Trinajstić information content (AvgIpc) is 3.46. The van der Waals surface area contributed by atoms with E-state index in [4.69, 9.17) is 26.0 Å². The van der Waals surface area contributed by atoms with Crippen molar-refractivity contribution in [2.45, 2.75) is 19.4 Å². The Morgan fingerprint density at radius 1 is 0.865 bits per heavy atom. The maximum Gasteiger partial charge on any atom is 0.222 e. The molecule has 0 radical (unpaired) electrons. The number of rotatable bonds is 10. The second-order valence-corrected chi connectivity index (χ2v) is 9.10. The molecule has 0 atom stereocenters. The molecule has 37 heavy (non-hydrogen) atoms. The van der Waals surface area contributed by atoms with E-state index in [1.54, 1.807) is 6.26 Å². The van der Waals surface area contributed by atoms with Crippen LogP contribution in [-0.2, 0) is 17.8 Å². The lowest BCUT2D eigenvalue weighted by Gasteiger charge is -2.25. The van der Waals surface area contributed by atoms with Crippen LogP contribution in [0.3, 0.4) is 0 Å². The van der Waals surface area contributed by atoms with E-state index < -0.39 is 0 Å². The van der Waals surface area contributed by atoms with E-state index in [2.05, 4.69) is 22.3 Å². The summed E-state index contributed by atoms with van der Waals surface area (Å²) in [4.78, 5) is 24.7. The highest BCUT2D eigenvalue weighted by Crippen LogP contribution is 2.31. The number of benzene rings is 3. The zero-order valence-corrected chi connectivity index (χ0v) is 21.1. The van der Waals surface area contributed by atoms with Gasteiger partial charge in [-0.2, -0.15) is 0 Å². The van der Waals surface area contributed by atoms with Gasteiger partial charge < -0.3 is 14.6 Å². The summed E-state index contributed by atoms with van der Waals surface area (Å²) < 4.78 is 5.33. The molecule has 0 aliphatic carbocycles. The van der Waals surface area contributed by atoms with E-state index in [0.717, 1.165) is 34.5 Å². The maximum atomic E-state index is 12.7. The second-order valence-electron chi connectivity index (χ2n) is 8.70. The Labute approximate surface area is 220 Å². The molecule has 0 fully saturated rings. The maximum absolute atomic E-state index is 12.7. The number of aromatic nitrogens is 2. The molecule has 0 unspecified atom stereocenters. The lowest BCUT2D eigenvalue weighted by Crippen LogP contribution is -2.33. The van der Waals surface area contributed by atoms with Crippen LogP contribution in [0.2, 0.25) is 5.02 Å². The van der Waals surface area contributed by atoms with Gasteiger partial charge in [0.1, 0.15) is 11.6 Å². The number of para-hydroxylation sites is 1. The molecule has 1 N–H and O–H groups in total. The Balaban J connectivity index is 1.45. The van der Waals surface area contributed by atoms with Crippen LogP contribution in [0.4, 0.5) is 5.82 Å². The van der Waals surface area contributed by atoms with Gasteiger partial charge in [0.25, 0.3) is 0 Å². The van der Waals surface area contributed by atoms with Gasteiger partial charge in [0.15, 0.2) is 5.82 Å². The van der Waals surface area contributed by atoms with Crippen molar-refractivity contribution in [2.24, 2.45) is 0 Å². The summed E-state index contributed by atoms with van der Waals surface area (Å²) in [6, 6.07) is 29.5.